The van der Waals surface area contributed by atoms with Gasteiger partial charge in [-0.2, -0.15) is 0 Å². The van der Waals surface area contributed by atoms with Crippen LogP contribution in [0.2, 0.25) is 0 Å². The van der Waals surface area contributed by atoms with E-state index in [0.717, 1.165) is 11.3 Å². The standard InChI is InChI=1S/C14H15NO3/c1-15-9-3-4-13(15)14(16)18-10-11-5-7-12(17-2)8-6-11/h3-9H,10H2,1-2H3. The number of aromatic nitrogens is 1. The molecule has 4 nitrogen and oxygen atoms in total. The molecule has 94 valence electrons. The summed E-state index contributed by atoms with van der Waals surface area (Å²) in [4.78, 5) is 11.8. The SMILES string of the molecule is COc1ccc(COC(=O)c2cccn2C)cc1. The van der Waals surface area contributed by atoms with Gasteiger partial charge in [0.2, 0.25) is 0 Å². The smallest absolute Gasteiger partial charge is 0.355 e. The highest BCUT2D eigenvalue weighted by Crippen LogP contribution is 2.12. The second kappa shape index (κ2) is 5.40. The number of carbonyl (C=O) groups is 1. The van der Waals surface area contributed by atoms with Crippen molar-refractivity contribution in [2.75, 3.05) is 7.11 Å². The van der Waals surface area contributed by atoms with Gasteiger partial charge in [0.1, 0.15) is 18.1 Å². The first-order valence-electron chi connectivity index (χ1n) is 5.62. The largest absolute Gasteiger partial charge is 0.497 e. The number of hydrogen-bond acceptors (Lipinski definition) is 3. The lowest BCUT2D eigenvalue weighted by Gasteiger charge is -2.06. The third-order valence-corrected chi connectivity index (χ3v) is 2.68. The van der Waals surface area contributed by atoms with Crippen molar-refractivity contribution in [3.8, 4) is 5.75 Å². The van der Waals surface area contributed by atoms with E-state index >= 15 is 0 Å². The Bertz CT molecular complexity index is 528. The van der Waals surface area contributed by atoms with Crippen LogP contribution < -0.4 is 4.74 Å². The van der Waals surface area contributed by atoms with Crippen molar-refractivity contribution < 1.29 is 14.3 Å². The van der Waals surface area contributed by atoms with E-state index in [1.165, 1.54) is 0 Å². The molecule has 2 aromatic rings. The fourth-order valence-electron chi connectivity index (χ4n) is 1.62. The molecule has 1 aromatic heterocycles. The monoisotopic (exact) mass is 245 g/mol. The van der Waals surface area contributed by atoms with Crippen molar-refractivity contribution in [1.29, 1.82) is 0 Å². The van der Waals surface area contributed by atoms with Crippen LogP contribution in [0.15, 0.2) is 42.6 Å². The Labute approximate surface area is 106 Å². The number of rotatable bonds is 4. The molecule has 0 aliphatic rings. The van der Waals surface area contributed by atoms with Crippen LogP contribution in [-0.4, -0.2) is 17.6 Å². The zero-order valence-corrected chi connectivity index (χ0v) is 10.4. The van der Waals surface area contributed by atoms with Crippen molar-refractivity contribution in [3.05, 3.63) is 53.9 Å². The topological polar surface area (TPSA) is 40.5 Å². The van der Waals surface area contributed by atoms with E-state index in [0.29, 0.717) is 5.69 Å². The molecule has 0 spiro atoms. The van der Waals surface area contributed by atoms with Crippen LogP contribution in [0, 0.1) is 0 Å². The molecular weight excluding hydrogens is 230 g/mol. The van der Waals surface area contributed by atoms with Gasteiger partial charge in [-0.3, -0.25) is 0 Å². The van der Waals surface area contributed by atoms with E-state index in [1.54, 1.807) is 17.7 Å². The zero-order chi connectivity index (χ0) is 13.0. The molecule has 18 heavy (non-hydrogen) atoms. The molecule has 0 saturated heterocycles. The third-order valence-electron chi connectivity index (χ3n) is 2.68. The lowest BCUT2D eigenvalue weighted by molar-refractivity contribution is 0.0461. The van der Waals surface area contributed by atoms with Gasteiger partial charge >= 0.3 is 5.97 Å². The van der Waals surface area contributed by atoms with Crippen LogP contribution >= 0.6 is 0 Å². The summed E-state index contributed by atoms with van der Waals surface area (Å²) in [6.07, 6.45) is 1.81. The number of carbonyl (C=O) groups excluding carboxylic acids is 1. The lowest BCUT2D eigenvalue weighted by Crippen LogP contribution is -2.09. The van der Waals surface area contributed by atoms with Crippen molar-refractivity contribution in [2.24, 2.45) is 7.05 Å². The Morgan fingerprint density at radius 2 is 1.94 bits per heavy atom. The average Bonchev–Trinajstić information content (AvgIpc) is 2.83. The normalized spacial score (nSPS) is 10.1. The molecule has 0 aliphatic heterocycles. The quantitative estimate of drug-likeness (QED) is 0.776. The first kappa shape index (κ1) is 12.2. The molecule has 0 fully saturated rings. The van der Waals surface area contributed by atoms with Crippen molar-refractivity contribution in [2.45, 2.75) is 6.61 Å². The summed E-state index contributed by atoms with van der Waals surface area (Å²) in [6.45, 7) is 0.258. The average molecular weight is 245 g/mol. The Hall–Kier alpha value is -2.23. The molecule has 1 heterocycles. The van der Waals surface area contributed by atoms with Gasteiger partial charge in [0, 0.05) is 13.2 Å². The van der Waals surface area contributed by atoms with E-state index in [1.807, 2.05) is 43.6 Å². The van der Waals surface area contributed by atoms with Gasteiger partial charge in [-0.05, 0) is 29.8 Å². The number of hydrogen-bond donors (Lipinski definition) is 0. The van der Waals surface area contributed by atoms with Gasteiger partial charge < -0.3 is 14.0 Å². The number of benzene rings is 1. The maximum Gasteiger partial charge on any atom is 0.355 e. The van der Waals surface area contributed by atoms with E-state index in [9.17, 15) is 4.79 Å². The minimum atomic E-state index is -0.321. The summed E-state index contributed by atoms with van der Waals surface area (Å²) in [5.41, 5.74) is 1.47. The molecule has 4 heteroatoms. The van der Waals surface area contributed by atoms with Crippen LogP contribution in [-0.2, 0) is 18.4 Å². The van der Waals surface area contributed by atoms with E-state index in [4.69, 9.17) is 9.47 Å². The molecule has 0 radical (unpaired) electrons. The highest BCUT2D eigenvalue weighted by molar-refractivity contribution is 5.87. The Kier molecular flexibility index (Phi) is 3.67. The van der Waals surface area contributed by atoms with E-state index in [2.05, 4.69) is 0 Å². The molecule has 0 amide bonds. The second-order valence-electron chi connectivity index (χ2n) is 3.93. The fraction of sp³-hybridized carbons (Fsp3) is 0.214. The third kappa shape index (κ3) is 2.71. The molecular formula is C14H15NO3. The number of esters is 1. The maximum atomic E-state index is 11.8. The number of methoxy groups -OCH3 is 1. The minimum Gasteiger partial charge on any atom is -0.497 e. The summed E-state index contributed by atoms with van der Waals surface area (Å²) in [5.74, 6) is 0.464. The highest BCUT2D eigenvalue weighted by Gasteiger charge is 2.10. The van der Waals surface area contributed by atoms with Crippen molar-refractivity contribution >= 4 is 5.97 Å². The van der Waals surface area contributed by atoms with Gasteiger partial charge in [0.25, 0.3) is 0 Å². The fourth-order valence-corrected chi connectivity index (χ4v) is 1.62. The summed E-state index contributed by atoms with van der Waals surface area (Å²) < 4.78 is 12.0. The summed E-state index contributed by atoms with van der Waals surface area (Å²) >= 11 is 0. The first-order chi connectivity index (χ1) is 8.70. The second-order valence-corrected chi connectivity index (χ2v) is 3.93. The molecule has 0 atom stereocenters. The van der Waals surface area contributed by atoms with Crippen LogP contribution in [0.4, 0.5) is 0 Å². The molecule has 0 N–H and O–H groups in total. The van der Waals surface area contributed by atoms with Crippen LogP contribution in [0.5, 0.6) is 5.75 Å². The van der Waals surface area contributed by atoms with Gasteiger partial charge in [-0.15, -0.1) is 0 Å². The molecule has 2 rings (SSSR count). The van der Waals surface area contributed by atoms with Crippen molar-refractivity contribution in [3.63, 3.8) is 0 Å². The van der Waals surface area contributed by atoms with Gasteiger partial charge in [-0.1, -0.05) is 12.1 Å². The maximum absolute atomic E-state index is 11.8. The zero-order valence-electron chi connectivity index (χ0n) is 10.4. The number of ether oxygens (including phenoxy) is 2. The van der Waals surface area contributed by atoms with Crippen LogP contribution in [0.25, 0.3) is 0 Å². The predicted octanol–water partition coefficient (Wildman–Crippen LogP) is 2.39. The van der Waals surface area contributed by atoms with Crippen molar-refractivity contribution in [1.82, 2.24) is 4.57 Å². The van der Waals surface area contributed by atoms with E-state index in [-0.39, 0.29) is 12.6 Å². The summed E-state index contributed by atoms with van der Waals surface area (Å²) in [6, 6.07) is 11.0. The van der Waals surface area contributed by atoms with Gasteiger partial charge in [0.15, 0.2) is 0 Å². The molecule has 1 aromatic carbocycles. The summed E-state index contributed by atoms with van der Waals surface area (Å²) in [5, 5.41) is 0. The highest BCUT2D eigenvalue weighted by atomic mass is 16.5. The number of aryl methyl sites for hydroxylation is 1. The Morgan fingerprint density at radius 1 is 1.22 bits per heavy atom. The molecule has 0 bridgehead atoms. The molecule has 0 aliphatic carbocycles. The van der Waals surface area contributed by atoms with Crippen LogP contribution in [0.1, 0.15) is 16.1 Å². The first-order valence-corrected chi connectivity index (χ1v) is 5.62. The van der Waals surface area contributed by atoms with Gasteiger partial charge in [0.05, 0.1) is 7.11 Å². The molecule has 0 unspecified atom stereocenters. The summed E-state index contributed by atoms with van der Waals surface area (Å²) in [7, 11) is 3.43. The Morgan fingerprint density at radius 3 is 2.50 bits per heavy atom. The van der Waals surface area contributed by atoms with E-state index < -0.39 is 0 Å². The molecule has 0 saturated carbocycles. The van der Waals surface area contributed by atoms with Gasteiger partial charge in [-0.25, -0.2) is 4.79 Å². The lowest BCUT2D eigenvalue weighted by atomic mass is 10.2. The number of nitrogens with zero attached hydrogens (tertiary/aromatic N) is 1. The Balaban J connectivity index is 1.95. The predicted molar refractivity (Wildman–Crippen MR) is 67.5 cm³/mol. The van der Waals surface area contributed by atoms with Crippen LogP contribution in [0.3, 0.4) is 0 Å². The minimum absolute atomic E-state index is 0.258.